The van der Waals surface area contributed by atoms with Crippen molar-refractivity contribution in [1.29, 1.82) is 0 Å². The van der Waals surface area contributed by atoms with E-state index in [9.17, 15) is 18.7 Å². The van der Waals surface area contributed by atoms with Crippen LogP contribution in [0.15, 0.2) is 48.5 Å². The summed E-state index contributed by atoms with van der Waals surface area (Å²) < 4.78 is 27.6. The predicted octanol–water partition coefficient (Wildman–Crippen LogP) is 2.44. The van der Waals surface area contributed by atoms with Gasteiger partial charge in [-0.2, -0.15) is 0 Å². The number of nitrogens with one attached hydrogen (secondary N) is 2. The Morgan fingerprint density at radius 1 is 1.08 bits per heavy atom. The standard InChI is InChI=1S/C20H22F2N2O2/c21-15-7-4-8-16(22)18(15)17(25)13-24-19(26)20(9-11-23-12-10-20)14-5-2-1-3-6-14/h1-8,17,23,25H,9-13H2,(H,24,26). The molecule has 3 N–H and O–H groups in total. The predicted molar refractivity (Wildman–Crippen MR) is 94.6 cm³/mol. The first-order chi connectivity index (χ1) is 12.5. The maximum Gasteiger partial charge on any atom is 0.230 e. The van der Waals surface area contributed by atoms with Gasteiger partial charge in [0, 0.05) is 6.54 Å². The number of hydrogen-bond acceptors (Lipinski definition) is 3. The van der Waals surface area contributed by atoms with Crippen molar-refractivity contribution >= 4 is 5.91 Å². The summed E-state index contributed by atoms with van der Waals surface area (Å²) in [5.41, 5.74) is -0.225. The number of amides is 1. The lowest BCUT2D eigenvalue weighted by atomic mass is 9.72. The summed E-state index contributed by atoms with van der Waals surface area (Å²) in [7, 11) is 0. The summed E-state index contributed by atoms with van der Waals surface area (Å²) >= 11 is 0. The lowest BCUT2D eigenvalue weighted by Crippen LogP contribution is -2.51. The summed E-state index contributed by atoms with van der Waals surface area (Å²) in [5.74, 6) is -1.89. The van der Waals surface area contributed by atoms with Crippen LogP contribution in [-0.4, -0.2) is 30.6 Å². The summed E-state index contributed by atoms with van der Waals surface area (Å²) in [5, 5.41) is 16.1. The third-order valence-corrected chi connectivity index (χ3v) is 5.01. The van der Waals surface area contributed by atoms with Gasteiger partial charge in [0.25, 0.3) is 0 Å². The molecule has 6 heteroatoms. The molecule has 0 aromatic heterocycles. The van der Waals surface area contributed by atoms with Crippen molar-refractivity contribution in [3.8, 4) is 0 Å². The molecule has 1 aliphatic heterocycles. The van der Waals surface area contributed by atoms with Crippen LogP contribution in [0.5, 0.6) is 0 Å². The van der Waals surface area contributed by atoms with Crippen LogP contribution in [0.2, 0.25) is 0 Å². The van der Waals surface area contributed by atoms with Crippen LogP contribution in [0.1, 0.15) is 30.1 Å². The van der Waals surface area contributed by atoms with Gasteiger partial charge in [-0.15, -0.1) is 0 Å². The van der Waals surface area contributed by atoms with Gasteiger partial charge < -0.3 is 15.7 Å². The first-order valence-electron chi connectivity index (χ1n) is 8.71. The molecule has 1 amide bonds. The number of aliphatic hydroxyl groups excluding tert-OH is 1. The molecule has 1 atom stereocenters. The number of halogens is 2. The first kappa shape index (κ1) is 18.5. The van der Waals surface area contributed by atoms with Crippen LogP contribution in [0, 0.1) is 11.6 Å². The monoisotopic (exact) mass is 360 g/mol. The number of benzene rings is 2. The van der Waals surface area contributed by atoms with Gasteiger partial charge in [-0.3, -0.25) is 4.79 Å². The van der Waals surface area contributed by atoms with Gasteiger partial charge in [0.1, 0.15) is 17.7 Å². The Hall–Kier alpha value is -2.31. The molecule has 0 bridgehead atoms. The van der Waals surface area contributed by atoms with E-state index < -0.39 is 28.7 Å². The fourth-order valence-electron chi connectivity index (χ4n) is 3.55. The summed E-state index contributed by atoms with van der Waals surface area (Å²) in [6.45, 7) is 1.15. The minimum atomic E-state index is -1.45. The zero-order chi connectivity index (χ0) is 18.6. The van der Waals surface area contributed by atoms with E-state index in [0.717, 1.165) is 17.7 Å². The highest BCUT2D eigenvalue weighted by atomic mass is 19.1. The highest BCUT2D eigenvalue weighted by molar-refractivity contribution is 5.88. The molecule has 1 aliphatic rings. The number of carbonyl (C=O) groups excluding carboxylic acids is 1. The Morgan fingerprint density at radius 2 is 1.69 bits per heavy atom. The van der Waals surface area contributed by atoms with Crippen LogP contribution in [0.25, 0.3) is 0 Å². The largest absolute Gasteiger partial charge is 0.386 e. The van der Waals surface area contributed by atoms with Gasteiger partial charge in [0.2, 0.25) is 5.91 Å². The van der Waals surface area contributed by atoms with E-state index >= 15 is 0 Å². The fraction of sp³-hybridized carbons (Fsp3) is 0.350. The summed E-state index contributed by atoms with van der Waals surface area (Å²) in [6.07, 6.45) is -0.213. The van der Waals surface area contributed by atoms with Crippen LogP contribution in [0.3, 0.4) is 0 Å². The third-order valence-electron chi connectivity index (χ3n) is 5.01. The average molecular weight is 360 g/mol. The Morgan fingerprint density at radius 3 is 2.31 bits per heavy atom. The van der Waals surface area contributed by atoms with Gasteiger partial charge >= 0.3 is 0 Å². The quantitative estimate of drug-likeness (QED) is 0.768. The van der Waals surface area contributed by atoms with Gasteiger partial charge in [0.05, 0.1) is 11.0 Å². The molecule has 0 aliphatic carbocycles. The molecule has 3 rings (SSSR count). The topological polar surface area (TPSA) is 61.4 Å². The van der Waals surface area contributed by atoms with E-state index in [2.05, 4.69) is 10.6 Å². The highest BCUT2D eigenvalue weighted by Crippen LogP contribution is 2.34. The summed E-state index contributed by atoms with van der Waals surface area (Å²) in [4.78, 5) is 13.0. The second-order valence-electron chi connectivity index (χ2n) is 6.56. The molecule has 0 radical (unpaired) electrons. The zero-order valence-corrected chi connectivity index (χ0v) is 14.3. The third kappa shape index (κ3) is 3.61. The molecule has 4 nitrogen and oxygen atoms in total. The van der Waals surface area contributed by atoms with E-state index in [1.807, 2.05) is 30.3 Å². The Labute approximate surface area is 151 Å². The van der Waals surface area contributed by atoms with Gasteiger partial charge in [0.15, 0.2) is 0 Å². The van der Waals surface area contributed by atoms with E-state index in [-0.39, 0.29) is 12.5 Å². The molecule has 26 heavy (non-hydrogen) atoms. The van der Waals surface area contributed by atoms with Gasteiger partial charge in [-0.25, -0.2) is 8.78 Å². The lowest BCUT2D eigenvalue weighted by molar-refractivity contribution is -0.128. The highest BCUT2D eigenvalue weighted by Gasteiger charge is 2.41. The minimum absolute atomic E-state index is 0.235. The van der Waals surface area contributed by atoms with Crippen molar-refractivity contribution in [3.05, 3.63) is 71.3 Å². The molecule has 1 fully saturated rings. The average Bonchev–Trinajstić information content (AvgIpc) is 2.67. The molecule has 1 heterocycles. The van der Waals surface area contributed by atoms with Gasteiger partial charge in [-0.05, 0) is 43.6 Å². The fourth-order valence-corrected chi connectivity index (χ4v) is 3.55. The zero-order valence-electron chi connectivity index (χ0n) is 14.3. The maximum atomic E-state index is 13.8. The molecule has 138 valence electrons. The van der Waals surface area contributed by atoms with Crippen molar-refractivity contribution < 1.29 is 18.7 Å². The lowest BCUT2D eigenvalue weighted by Gasteiger charge is -2.37. The Balaban J connectivity index is 1.77. The van der Waals surface area contributed by atoms with Gasteiger partial charge in [-0.1, -0.05) is 36.4 Å². The SMILES string of the molecule is O=C(NCC(O)c1c(F)cccc1F)C1(c2ccccc2)CCNCC1. The molecule has 2 aromatic rings. The van der Waals surface area contributed by atoms with Crippen molar-refractivity contribution in [2.75, 3.05) is 19.6 Å². The maximum absolute atomic E-state index is 13.8. The van der Waals surface area contributed by atoms with E-state index in [0.29, 0.717) is 25.9 Å². The Bertz CT molecular complexity index is 741. The van der Waals surface area contributed by atoms with Crippen LogP contribution < -0.4 is 10.6 Å². The van der Waals surface area contributed by atoms with E-state index in [1.54, 1.807) is 0 Å². The first-order valence-corrected chi connectivity index (χ1v) is 8.71. The number of piperidine rings is 1. The molecule has 1 unspecified atom stereocenters. The van der Waals surface area contributed by atoms with Crippen molar-refractivity contribution in [2.45, 2.75) is 24.4 Å². The number of carbonyl (C=O) groups is 1. The molecule has 1 saturated heterocycles. The number of hydrogen-bond donors (Lipinski definition) is 3. The van der Waals surface area contributed by atoms with Crippen molar-refractivity contribution in [2.24, 2.45) is 0 Å². The molecule has 2 aromatic carbocycles. The summed E-state index contributed by atoms with van der Waals surface area (Å²) in [6, 6.07) is 12.9. The van der Waals surface area contributed by atoms with E-state index in [4.69, 9.17) is 0 Å². The number of aliphatic hydroxyl groups is 1. The van der Waals surface area contributed by atoms with Crippen LogP contribution in [0.4, 0.5) is 8.78 Å². The number of rotatable bonds is 5. The van der Waals surface area contributed by atoms with Crippen LogP contribution >= 0.6 is 0 Å². The van der Waals surface area contributed by atoms with Crippen LogP contribution in [-0.2, 0) is 10.2 Å². The van der Waals surface area contributed by atoms with Crippen molar-refractivity contribution in [1.82, 2.24) is 10.6 Å². The normalized spacial score (nSPS) is 17.5. The minimum Gasteiger partial charge on any atom is -0.386 e. The van der Waals surface area contributed by atoms with Crippen molar-refractivity contribution in [3.63, 3.8) is 0 Å². The second-order valence-corrected chi connectivity index (χ2v) is 6.56. The molecule has 0 spiro atoms. The second kappa shape index (κ2) is 7.93. The smallest absolute Gasteiger partial charge is 0.230 e. The molecular formula is C20H22F2N2O2. The molecule has 0 saturated carbocycles. The Kier molecular flexibility index (Phi) is 5.64. The molecular weight excluding hydrogens is 338 g/mol. The van der Waals surface area contributed by atoms with E-state index in [1.165, 1.54) is 6.07 Å².